The largest absolute Gasteiger partial charge is 0.495 e. The second-order valence-electron chi connectivity index (χ2n) is 6.02. The highest BCUT2D eigenvalue weighted by Gasteiger charge is 2.14. The molecule has 0 amide bonds. The van der Waals surface area contributed by atoms with Crippen molar-refractivity contribution in [2.45, 2.75) is 13.0 Å². The Morgan fingerprint density at radius 2 is 1.89 bits per heavy atom. The van der Waals surface area contributed by atoms with Gasteiger partial charge in [0.2, 0.25) is 0 Å². The van der Waals surface area contributed by atoms with Crippen LogP contribution >= 0.6 is 11.6 Å². The molecule has 1 unspecified atom stereocenters. The molecule has 138 valence electrons. The number of aromatic nitrogens is 1. The fourth-order valence-electron chi connectivity index (χ4n) is 2.90. The van der Waals surface area contributed by atoms with Crippen LogP contribution in [0.5, 0.6) is 11.5 Å². The van der Waals surface area contributed by atoms with Crippen LogP contribution in [0.1, 0.15) is 24.1 Å². The standard InChI is InChI=1S/C20H18ClN3O3/c1-11(23-14-5-4-12(10-22)18(8-14)26-2)15-6-13-7-16(21)19(27-3)9-17(13)24-20(15)25/h4-9,11,23H,1-3H3,(H,24,25). The van der Waals surface area contributed by atoms with E-state index in [0.29, 0.717) is 33.2 Å². The first-order chi connectivity index (χ1) is 13.0. The summed E-state index contributed by atoms with van der Waals surface area (Å²) in [5.74, 6) is 0.976. The lowest BCUT2D eigenvalue weighted by Gasteiger charge is -2.17. The van der Waals surface area contributed by atoms with Gasteiger partial charge in [-0.3, -0.25) is 4.79 Å². The number of H-pyrrole nitrogens is 1. The molecule has 6 nitrogen and oxygen atoms in total. The number of anilines is 1. The van der Waals surface area contributed by atoms with Gasteiger partial charge in [0.25, 0.3) is 5.56 Å². The zero-order valence-electron chi connectivity index (χ0n) is 15.1. The number of fused-ring (bicyclic) bond motifs is 1. The number of methoxy groups -OCH3 is 2. The Kier molecular flexibility index (Phi) is 5.24. The molecule has 0 saturated carbocycles. The highest BCUT2D eigenvalue weighted by molar-refractivity contribution is 6.32. The highest BCUT2D eigenvalue weighted by Crippen LogP contribution is 2.30. The van der Waals surface area contributed by atoms with Crippen molar-refractivity contribution in [3.05, 3.63) is 62.9 Å². The molecular formula is C20H18ClN3O3. The third-order valence-corrected chi connectivity index (χ3v) is 4.61. The number of hydrogen-bond donors (Lipinski definition) is 2. The molecule has 0 bridgehead atoms. The van der Waals surface area contributed by atoms with Crippen molar-refractivity contribution >= 4 is 28.2 Å². The number of nitriles is 1. The van der Waals surface area contributed by atoms with Crippen molar-refractivity contribution in [2.75, 3.05) is 19.5 Å². The van der Waals surface area contributed by atoms with Crippen LogP contribution in [0.2, 0.25) is 5.02 Å². The molecule has 1 heterocycles. The molecule has 3 aromatic rings. The number of pyridine rings is 1. The van der Waals surface area contributed by atoms with Gasteiger partial charge in [0, 0.05) is 28.8 Å². The van der Waals surface area contributed by atoms with E-state index in [4.69, 9.17) is 26.3 Å². The minimum Gasteiger partial charge on any atom is -0.495 e. The predicted molar refractivity (Wildman–Crippen MR) is 106 cm³/mol. The summed E-state index contributed by atoms with van der Waals surface area (Å²) in [7, 11) is 3.03. The van der Waals surface area contributed by atoms with Crippen LogP contribution in [0.15, 0.2) is 41.2 Å². The third kappa shape index (κ3) is 3.69. The summed E-state index contributed by atoms with van der Waals surface area (Å²) >= 11 is 6.19. The van der Waals surface area contributed by atoms with Gasteiger partial charge >= 0.3 is 0 Å². The molecular weight excluding hydrogens is 366 g/mol. The zero-order valence-corrected chi connectivity index (χ0v) is 15.8. The molecule has 0 aliphatic heterocycles. The van der Waals surface area contributed by atoms with E-state index >= 15 is 0 Å². The Hall–Kier alpha value is -3.17. The Labute approximate surface area is 161 Å². The summed E-state index contributed by atoms with van der Waals surface area (Å²) in [5.41, 5.74) is 2.20. The van der Waals surface area contributed by atoms with E-state index in [1.54, 1.807) is 36.4 Å². The van der Waals surface area contributed by atoms with Gasteiger partial charge in [-0.1, -0.05) is 11.6 Å². The van der Waals surface area contributed by atoms with Gasteiger partial charge in [-0.05, 0) is 31.2 Å². The SMILES string of the molecule is COc1cc2[nH]c(=O)c(C(C)Nc3ccc(C#N)c(OC)c3)cc2cc1Cl. The number of hydrogen-bond acceptors (Lipinski definition) is 5. The number of rotatable bonds is 5. The average Bonchev–Trinajstić information content (AvgIpc) is 2.67. The smallest absolute Gasteiger partial charge is 0.253 e. The van der Waals surface area contributed by atoms with E-state index in [2.05, 4.69) is 16.4 Å². The number of aromatic amines is 1. The van der Waals surface area contributed by atoms with Crippen molar-refractivity contribution in [2.24, 2.45) is 0 Å². The van der Waals surface area contributed by atoms with E-state index in [1.807, 2.05) is 6.92 Å². The fourth-order valence-corrected chi connectivity index (χ4v) is 3.15. The maximum Gasteiger partial charge on any atom is 0.253 e. The molecule has 2 aromatic carbocycles. The summed E-state index contributed by atoms with van der Waals surface area (Å²) in [6, 6.07) is 12.2. The van der Waals surface area contributed by atoms with Crippen LogP contribution in [0.25, 0.3) is 10.9 Å². The molecule has 0 fully saturated rings. The van der Waals surface area contributed by atoms with Gasteiger partial charge in [-0.25, -0.2) is 0 Å². The van der Waals surface area contributed by atoms with Gasteiger partial charge in [0.15, 0.2) is 0 Å². The Morgan fingerprint density at radius 3 is 2.56 bits per heavy atom. The van der Waals surface area contributed by atoms with Crippen LogP contribution in [-0.4, -0.2) is 19.2 Å². The minimum atomic E-state index is -0.281. The molecule has 0 aliphatic rings. The monoisotopic (exact) mass is 383 g/mol. The molecule has 0 radical (unpaired) electrons. The summed E-state index contributed by atoms with van der Waals surface area (Å²) < 4.78 is 10.4. The molecule has 1 atom stereocenters. The van der Waals surface area contributed by atoms with Crippen LogP contribution in [0, 0.1) is 11.3 Å². The van der Waals surface area contributed by atoms with Crippen LogP contribution in [-0.2, 0) is 0 Å². The maximum atomic E-state index is 12.5. The number of nitrogens with one attached hydrogen (secondary N) is 2. The van der Waals surface area contributed by atoms with E-state index in [9.17, 15) is 4.79 Å². The van der Waals surface area contributed by atoms with E-state index in [0.717, 1.165) is 11.1 Å². The van der Waals surface area contributed by atoms with Gasteiger partial charge < -0.3 is 19.8 Å². The fraction of sp³-hybridized carbons (Fsp3) is 0.200. The normalized spacial score (nSPS) is 11.7. The average molecular weight is 384 g/mol. The summed E-state index contributed by atoms with van der Waals surface area (Å²) in [6.45, 7) is 1.88. The van der Waals surface area contributed by atoms with Crippen LogP contribution in [0.4, 0.5) is 5.69 Å². The van der Waals surface area contributed by atoms with Crippen molar-refractivity contribution in [3.8, 4) is 17.6 Å². The zero-order chi connectivity index (χ0) is 19.6. The molecule has 0 aliphatic carbocycles. The highest BCUT2D eigenvalue weighted by atomic mass is 35.5. The first-order valence-corrected chi connectivity index (χ1v) is 8.59. The molecule has 27 heavy (non-hydrogen) atoms. The molecule has 7 heteroatoms. The lowest BCUT2D eigenvalue weighted by atomic mass is 10.1. The summed E-state index contributed by atoms with van der Waals surface area (Å²) in [4.78, 5) is 15.4. The van der Waals surface area contributed by atoms with E-state index < -0.39 is 0 Å². The lowest BCUT2D eigenvalue weighted by molar-refractivity contribution is 0.413. The Balaban J connectivity index is 1.96. The van der Waals surface area contributed by atoms with Crippen LogP contribution in [0.3, 0.4) is 0 Å². The van der Waals surface area contributed by atoms with Gasteiger partial charge in [-0.2, -0.15) is 5.26 Å². The van der Waals surface area contributed by atoms with E-state index in [-0.39, 0.29) is 11.6 Å². The molecule has 0 spiro atoms. The number of ether oxygens (including phenoxy) is 2. The molecule has 0 saturated heterocycles. The second kappa shape index (κ2) is 7.60. The quantitative estimate of drug-likeness (QED) is 0.688. The number of halogens is 1. The maximum absolute atomic E-state index is 12.5. The molecule has 3 rings (SSSR count). The van der Waals surface area contributed by atoms with E-state index in [1.165, 1.54) is 14.2 Å². The Morgan fingerprint density at radius 1 is 1.15 bits per heavy atom. The van der Waals surface area contributed by atoms with Crippen molar-refractivity contribution in [1.82, 2.24) is 4.98 Å². The molecule has 2 N–H and O–H groups in total. The first-order valence-electron chi connectivity index (χ1n) is 8.22. The predicted octanol–water partition coefficient (Wildman–Crippen LogP) is 4.24. The second-order valence-corrected chi connectivity index (χ2v) is 6.43. The van der Waals surface area contributed by atoms with Gasteiger partial charge in [0.05, 0.1) is 36.4 Å². The van der Waals surface area contributed by atoms with Crippen LogP contribution < -0.4 is 20.3 Å². The number of nitrogens with zero attached hydrogens (tertiary/aromatic N) is 1. The Bertz CT molecular complexity index is 1100. The van der Waals surface area contributed by atoms with Gasteiger partial charge in [-0.15, -0.1) is 0 Å². The third-order valence-electron chi connectivity index (χ3n) is 4.32. The van der Waals surface area contributed by atoms with Gasteiger partial charge in [0.1, 0.15) is 17.6 Å². The lowest BCUT2D eigenvalue weighted by Crippen LogP contribution is -2.19. The minimum absolute atomic E-state index is 0.201. The summed E-state index contributed by atoms with van der Waals surface area (Å²) in [6.07, 6.45) is 0. The molecule has 1 aromatic heterocycles. The topological polar surface area (TPSA) is 87.1 Å². The van der Waals surface area contributed by atoms with Crippen molar-refractivity contribution in [1.29, 1.82) is 5.26 Å². The summed E-state index contributed by atoms with van der Waals surface area (Å²) in [5, 5.41) is 13.6. The number of benzene rings is 2. The van der Waals surface area contributed by atoms with Crippen molar-refractivity contribution in [3.63, 3.8) is 0 Å². The first kappa shape index (κ1) is 18.6. The van der Waals surface area contributed by atoms with Crippen molar-refractivity contribution < 1.29 is 9.47 Å².